The van der Waals surface area contributed by atoms with E-state index in [0.717, 1.165) is 19.3 Å². The van der Waals surface area contributed by atoms with E-state index in [-0.39, 0.29) is 17.9 Å². The minimum absolute atomic E-state index is 0.0669. The van der Waals surface area contributed by atoms with E-state index >= 15 is 0 Å². The van der Waals surface area contributed by atoms with Gasteiger partial charge in [0.15, 0.2) is 0 Å². The molecule has 0 rings (SSSR count). The van der Waals surface area contributed by atoms with Crippen LogP contribution in [-0.4, -0.2) is 45.5 Å². The number of ether oxygens (including phenoxy) is 3. The zero-order valence-electron chi connectivity index (χ0n) is 11.8. The molecular formula is C13H27NO4. The number of esters is 1. The molecule has 0 aromatic carbocycles. The number of hydrogen-bond acceptors (Lipinski definition) is 5. The first-order chi connectivity index (χ1) is 8.57. The summed E-state index contributed by atoms with van der Waals surface area (Å²) in [5.74, 6) is -0.224. The van der Waals surface area contributed by atoms with Crippen LogP contribution < -0.4 is 5.73 Å². The maximum atomic E-state index is 11.6. The molecule has 0 aromatic rings. The highest BCUT2D eigenvalue weighted by Crippen LogP contribution is 2.10. The van der Waals surface area contributed by atoms with Crippen molar-refractivity contribution in [2.45, 2.75) is 39.2 Å². The summed E-state index contributed by atoms with van der Waals surface area (Å²) in [5, 5.41) is 0. The fourth-order valence-corrected chi connectivity index (χ4v) is 1.45. The molecular weight excluding hydrogens is 234 g/mol. The van der Waals surface area contributed by atoms with Crippen molar-refractivity contribution in [3.05, 3.63) is 0 Å². The molecule has 0 aliphatic carbocycles. The average Bonchev–Trinajstić information content (AvgIpc) is 2.32. The number of methoxy groups -OCH3 is 1. The van der Waals surface area contributed by atoms with Gasteiger partial charge in [-0.3, -0.25) is 4.79 Å². The number of nitrogens with two attached hydrogens (primary N) is 1. The van der Waals surface area contributed by atoms with Gasteiger partial charge < -0.3 is 19.9 Å². The average molecular weight is 261 g/mol. The third-order valence-electron chi connectivity index (χ3n) is 2.60. The molecule has 0 radical (unpaired) electrons. The minimum Gasteiger partial charge on any atom is -0.463 e. The van der Waals surface area contributed by atoms with Gasteiger partial charge in [0.05, 0.1) is 25.7 Å². The van der Waals surface area contributed by atoms with Crippen LogP contribution in [0.25, 0.3) is 0 Å². The molecule has 5 heteroatoms. The number of hydrogen-bond donors (Lipinski definition) is 1. The number of carbonyl (C=O) groups excluding carboxylic acids is 1. The van der Waals surface area contributed by atoms with Crippen molar-refractivity contribution in [2.24, 2.45) is 11.7 Å². The molecule has 0 aliphatic heterocycles. The number of carbonyl (C=O) groups is 1. The second kappa shape index (κ2) is 11.4. The van der Waals surface area contributed by atoms with Crippen LogP contribution in [0, 0.1) is 5.92 Å². The summed E-state index contributed by atoms with van der Waals surface area (Å²) in [7, 11) is 1.62. The van der Waals surface area contributed by atoms with Crippen LogP contribution in [0.1, 0.15) is 33.1 Å². The van der Waals surface area contributed by atoms with Gasteiger partial charge in [-0.15, -0.1) is 0 Å². The van der Waals surface area contributed by atoms with Gasteiger partial charge in [-0.25, -0.2) is 0 Å². The summed E-state index contributed by atoms with van der Waals surface area (Å²) in [6, 6.07) is 0.197. The topological polar surface area (TPSA) is 70.8 Å². The monoisotopic (exact) mass is 261 g/mol. The molecule has 5 nitrogen and oxygen atoms in total. The molecule has 0 saturated heterocycles. The molecule has 0 saturated carbocycles. The van der Waals surface area contributed by atoms with Crippen LogP contribution in [0.15, 0.2) is 0 Å². The smallest absolute Gasteiger partial charge is 0.308 e. The first-order valence-electron chi connectivity index (χ1n) is 6.56. The van der Waals surface area contributed by atoms with Gasteiger partial charge >= 0.3 is 5.97 Å². The molecule has 0 heterocycles. The molecule has 2 N–H and O–H groups in total. The third-order valence-corrected chi connectivity index (χ3v) is 2.60. The first-order valence-corrected chi connectivity index (χ1v) is 6.56. The molecule has 0 aliphatic rings. The van der Waals surface area contributed by atoms with Gasteiger partial charge in [0.25, 0.3) is 0 Å². The Bertz CT molecular complexity index is 209. The van der Waals surface area contributed by atoms with Crippen LogP contribution in [0.2, 0.25) is 0 Å². The van der Waals surface area contributed by atoms with Crippen LogP contribution in [-0.2, 0) is 19.0 Å². The quantitative estimate of drug-likeness (QED) is 0.449. The highest BCUT2D eigenvalue weighted by atomic mass is 16.6. The molecule has 2 atom stereocenters. The van der Waals surface area contributed by atoms with Crippen LogP contribution in [0.5, 0.6) is 0 Å². The van der Waals surface area contributed by atoms with Gasteiger partial charge in [0.2, 0.25) is 0 Å². The van der Waals surface area contributed by atoms with Gasteiger partial charge in [-0.05, 0) is 19.8 Å². The molecule has 0 bridgehead atoms. The lowest BCUT2D eigenvalue weighted by Gasteiger charge is -2.12. The van der Waals surface area contributed by atoms with Crippen molar-refractivity contribution in [1.29, 1.82) is 0 Å². The van der Waals surface area contributed by atoms with Crippen molar-refractivity contribution in [2.75, 3.05) is 33.5 Å². The lowest BCUT2D eigenvalue weighted by Crippen LogP contribution is -2.19. The van der Waals surface area contributed by atoms with E-state index in [1.165, 1.54) is 0 Å². The Hall–Kier alpha value is -0.650. The van der Waals surface area contributed by atoms with Crippen molar-refractivity contribution in [1.82, 2.24) is 0 Å². The van der Waals surface area contributed by atoms with Crippen molar-refractivity contribution < 1.29 is 19.0 Å². The normalized spacial score (nSPS) is 14.2. The highest BCUT2D eigenvalue weighted by molar-refractivity contribution is 5.71. The summed E-state index contributed by atoms with van der Waals surface area (Å²) in [4.78, 5) is 11.6. The van der Waals surface area contributed by atoms with E-state index in [4.69, 9.17) is 19.9 Å². The van der Waals surface area contributed by atoms with Gasteiger partial charge in [-0.1, -0.05) is 13.3 Å². The van der Waals surface area contributed by atoms with Gasteiger partial charge in [0.1, 0.15) is 6.61 Å². The maximum Gasteiger partial charge on any atom is 0.308 e. The number of rotatable bonds is 11. The molecule has 108 valence electrons. The molecule has 0 spiro atoms. The fraction of sp³-hybridized carbons (Fsp3) is 0.923. The molecule has 2 unspecified atom stereocenters. The van der Waals surface area contributed by atoms with E-state index in [0.29, 0.717) is 26.4 Å². The van der Waals surface area contributed by atoms with Crippen molar-refractivity contribution >= 4 is 5.97 Å². The lowest BCUT2D eigenvalue weighted by atomic mass is 10.0. The second-order valence-electron chi connectivity index (χ2n) is 4.58. The summed E-state index contributed by atoms with van der Waals surface area (Å²) in [6.07, 6.45) is 2.72. The Morgan fingerprint density at radius 2 is 1.78 bits per heavy atom. The summed E-state index contributed by atoms with van der Waals surface area (Å²) < 4.78 is 15.1. The minimum atomic E-state index is -0.157. The van der Waals surface area contributed by atoms with E-state index < -0.39 is 0 Å². The van der Waals surface area contributed by atoms with Crippen LogP contribution >= 0.6 is 0 Å². The van der Waals surface area contributed by atoms with E-state index in [2.05, 4.69) is 0 Å². The van der Waals surface area contributed by atoms with Crippen LogP contribution in [0.4, 0.5) is 0 Å². The Morgan fingerprint density at radius 3 is 2.39 bits per heavy atom. The SMILES string of the molecule is COCCOCCOC(=O)C(C)CCCC(C)N. The molecule has 0 fully saturated rings. The Balaban J connectivity index is 3.44. The van der Waals surface area contributed by atoms with Crippen molar-refractivity contribution in [3.63, 3.8) is 0 Å². The summed E-state index contributed by atoms with van der Waals surface area (Å²) in [5.41, 5.74) is 5.65. The highest BCUT2D eigenvalue weighted by Gasteiger charge is 2.13. The molecule has 0 amide bonds. The Labute approximate surface area is 110 Å². The Kier molecular flexibility index (Phi) is 11.0. The summed E-state index contributed by atoms with van der Waals surface area (Å²) in [6.45, 7) is 5.66. The third kappa shape index (κ3) is 10.5. The van der Waals surface area contributed by atoms with E-state index in [1.807, 2.05) is 13.8 Å². The predicted molar refractivity (Wildman–Crippen MR) is 70.3 cm³/mol. The van der Waals surface area contributed by atoms with Gasteiger partial charge in [-0.2, -0.15) is 0 Å². The zero-order valence-corrected chi connectivity index (χ0v) is 11.8. The Morgan fingerprint density at radius 1 is 1.11 bits per heavy atom. The molecule has 18 heavy (non-hydrogen) atoms. The standard InChI is InChI=1S/C13H27NO4/c1-11(5-4-6-12(2)14)13(15)18-10-9-17-8-7-16-3/h11-12H,4-10,14H2,1-3H3. The zero-order chi connectivity index (χ0) is 13.8. The van der Waals surface area contributed by atoms with E-state index in [1.54, 1.807) is 7.11 Å². The summed E-state index contributed by atoms with van der Waals surface area (Å²) >= 11 is 0. The van der Waals surface area contributed by atoms with E-state index in [9.17, 15) is 4.79 Å². The fourth-order valence-electron chi connectivity index (χ4n) is 1.45. The van der Waals surface area contributed by atoms with Crippen molar-refractivity contribution in [3.8, 4) is 0 Å². The largest absolute Gasteiger partial charge is 0.463 e. The first kappa shape index (κ1) is 17.4. The second-order valence-corrected chi connectivity index (χ2v) is 4.58. The maximum absolute atomic E-state index is 11.6. The molecule has 0 aromatic heterocycles. The predicted octanol–water partition coefficient (Wildman–Crippen LogP) is 1.35. The van der Waals surface area contributed by atoms with Gasteiger partial charge in [0, 0.05) is 13.2 Å². The lowest BCUT2D eigenvalue weighted by molar-refractivity contribution is -0.149. The van der Waals surface area contributed by atoms with Crippen LogP contribution in [0.3, 0.4) is 0 Å².